The van der Waals surface area contributed by atoms with E-state index in [1.807, 2.05) is 36.4 Å². The Balaban J connectivity index is 0.00000128. The molecule has 16 heavy (non-hydrogen) atoms. The molecule has 3 heteroatoms. The second kappa shape index (κ2) is 6.99. The van der Waals surface area contributed by atoms with Gasteiger partial charge >= 0.3 is 5.97 Å². The van der Waals surface area contributed by atoms with Gasteiger partial charge in [-0.1, -0.05) is 36.4 Å². The SMILES string of the molecule is O=C(Oc1ccccc1)c1ccccc1.[K]. The molecular formula is C13H10KO2. The molecular weight excluding hydrogens is 227 g/mol. The van der Waals surface area contributed by atoms with Crippen LogP contribution in [-0.2, 0) is 0 Å². The molecule has 0 aliphatic carbocycles. The van der Waals surface area contributed by atoms with Crippen molar-refractivity contribution in [2.75, 3.05) is 0 Å². The van der Waals surface area contributed by atoms with E-state index >= 15 is 0 Å². The third kappa shape index (κ3) is 3.85. The minimum atomic E-state index is -0.332. The van der Waals surface area contributed by atoms with Crippen LogP contribution in [0.25, 0.3) is 0 Å². The zero-order valence-electron chi connectivity index (χ0n) is 9.09. The number of para-hydroxylation sites is 1. The van der Waals surface area contributed by atoms with Crippen molar-refractivity contribution in [1.29, 1.82) is 0 Å². The molecule has 0 spiro atoms. The minimum Gasteiger partial charge on any atom is -0.423 e. The monoisotopic (exact) mass is 237 g/mol. The summed E-state index contributed by atoms with van der Waals surface area (Å²) < 4.78 is 5.16. The van der Waals surface area contributed by atoms with Gasteiger partial charge in [-0.25, -0.2) is 4.79 Å². The van der Waals surface area contributed by atoms with Crippen molar-refractivity contribution >= 4 is 57.4 Å². The molecule has 75 valence electrons. The fourth-order valence-electron chi connectivity index (χ4n) is 1.23. The van der Waals surface area contributed by atoms with Crippen LogP contribution in [0.3, 0.4) is 0 Å². The summed E-state index contributed by atoms with van der Waals surface area (Å²) in [5.41, 5.74) is 0.557. The summed E-state index contributed by atoms with van der Waals surface area (Å²) >= 11 is 0. The van der Waals surface area contributed by atoms with Crippen molar-refractivity contribution < 1.29 is 9.53 Å². The molecule has 2 nitrogen and oxygen atoms in total. The number of hydrogen-bond acceptors (Lipinski definition) is 2. The van der Waals surface area contributed by atoms with E-state index in [0.717, 1.165) is 0 Å². The third-order valence-corrected chi connectivity index (χ3v) is 1.96. The number of rotatable bonds is 2. The molecule has 2 aromatic rings. The van der Waals surface area contributed by atoms with Crippen molar-refractivity contribution in [1.82, 2.24) is 0 Å². The van der Waals surface area contributed by atoms with E-state index in [1.54, 1.807) is 24.3 Å². The van der Waals surface area contributed by atoms with Crippen molar-refractivity contribution in [3.63, 3.8) is 0 Å². The molecule has 0 aliphatic rings. The van der Waals surface area contributed by atoms with Gasteiger partial charge in [-0.2, -0.15) is 0 Å². The Bertz CT molecular complexity index is 440. The van der Waals surface area contributed by atoms with E-state index in [0.29, 0.717) is 11.3 Å². The molecule has 0 bridgehead atoms. The van der Waals surface area contributed by atoms with E-state index in [2.05, 4.69) is 0 Å². The maximum absolute atomic E-state index is 11.6. The number of ether oxygens (including phenoxy) is 1. The summed E-state index contributed by atoms with van der Waals surface area (Å²) in [6.07, 6.45) is 0. The van der Waals surface area contributed by atoms with Crippen molar-refractivity contribution in [2.45, 2.75) is 0 Å². The van der Waals surface area contributed by atoms with Crippen LogP contribution in [0, 0.1) is 0 Å². The molecule has 0 atom stereocenters. The maximum Gasteiger partial charge on any atom is 0.343 e. The molecule has 0 saturated carbocycles. The smallest absolute Gasteiger partial charge is 0.343 e. The number of esters is 1. The second-order valence-corrected chi connectivity index (χ2v) is 3.07. The summed E-state index contributed by atoms with van der Waals surface area (Å²) in [4.78, 5) is 11.6. The Kier molecular flexibility index (Phi) is 5.94. The van der Waals surface area contributed by atoms with Crippen molar-refractivity contribution in [3.8, 4) is 5.75 Å². The number of benzene rings is 2. The Morgan fingerprint density at radius 1 is 0.812 bits per heavy atom. The van der Waals surface area contributed by atoms with Crippen LogP contribution in [0.1, 0.15) is 10.4 Å². The molecule has 0 amide bonds. The summed E-state index contributed by atoms with van der Waals surface area (Å²) in [6, 6.07) is 18.0. The van der Waals surface area contributed by atoms with Crippen LogP contribution in [0.15, 0.2) is 60.7 Å². The Hall–Kier alpha value is -0.454. The van der Waals surface area contributed by atoms with E-state index in [1.165, 1.54) is 0 Å². The molecule has 0 heterocycles. The number of hydrogen-bond donors (Lipinski definition) is 0. The molecule has 0 fully saturated rings. The first kappa shape index (κ1) is 13.6. The quantitative estimate of drug-likeness (QED) is 0.456. The predicted molar refractivity (Wildman–Crippen MR) is 63.6 cm³/mol. The number of carbonyl (C=O) groups excluding carboxylic acids is 1. The zero-order chi connectivity index (χ0) is 10.5. The zero-order valence-corrected chi connectivity index (χ0v) is 12.2. The molecule has 0 N–H and O–H groups in total. The van der Waals surface area contributed by atoms with Crippen LogP contribution >= 0.6 is 0 Å². The van der Waals surface area contributed by atoms with Gasteiger partial charge < -0.3 is 4.74 Å². The fraction of sp³-hybridized carbons (Fsp3) is 0. The Labute approximate surface area is 137 Å². The molecule has 2 aromatic carbocycles. The summed E-state index contributed by atoms with van der Waals surface area (Å²) in [7, 11) is 0. The van der Waals surface area contributed by atoms with Crippen LogP contribution in [0.2, 0.25) is 0 Å². The van der Waals surface area contributed by atoms with Gasteiger partial charge in [0.05, 0.1) is 5.56 Å². The average molecular weight is 237 g/mol. The predicted octanol–water partition coefficient (Wildman–Crippen LogP) is 2.53. The molecule has 0 aliphatic heterocycles. The third-order valence-electron chi connectivity index (χ3n) is 1.96. The van der Waals surface area contributed by atoms with Gasteiger partial charge in [0.1, 0.15) is 5.75 Å². The van der Waals surface area contributed by atoms with Crippen LogP contribution < -0.4 is 4.74 Å². The van der Waals surface area contributed by atoms with E-state index in [-0.39, 0.29) is 57.4 Å². The van der Waals surface area contributed by atoms with Gasteiger partial charge in [0.25, 0.3) is 0 Å². The van der Waals surface area contributed by atoms with Gasteiger partial charge in [-0.15, -0.1) is 0 Å². The molecule has 1 radical (unpaired) electrons. The minimum absolute atomic E-state index is 0. The van der Waals surface area contributed by atoms with E-state index in [4.69, 9.17) is 4.74 Å². The first-order valence-corrected chi connectivity index (χ1v) is 4.68. The van der Waals surface area contributed by atoms with E-state index in [9.17, 15) is 4.79 Å². The first-order chi connectivity index (χ1) is 7.36. The fourth-order valence-corrected chi connectivity index (χ4v) is 1.23. The van der Waals surface area contributed by atoms with Crippen LogP contribution in [0.5, 0.6) is 5.75 Å². The maximum atomic E-state index is 11.6. The normalized spacial score (nSPS) is 9.00. The Morgan fingerprint density at radius 3 is 1.88 bits per heavy atom. The summed E-state index contributed by atoms with van der Waals surface area (Å²) in [5, 5.41) is 0. The summed E-state index contributed by atoms with van der Waals surface area (Å²) in [6.45, 7) is 0. The largest absolute Gasteiger partial charge is 0.423 e. The standard InChI is InChI=1S/C13H10O2.K/c14-13(11-7-3-1-4-8-11)15-12-9-5-2-6-10-12;/h1-10H;. The van der Waals surface area contributed by atoms with Gasteiger partial charge in [0.15, 0.2) is 0 Å². The second-order valence-electron chi connectivity index (χ2n) is 3.07. The molecule has 0 unspecified atom stereocenters. The summed E-state index contributed by atoms with van der Waals surface area (Å²) in [5.74, 6) is 0.230. The average Bonchev–Trinajstić information content (AvgIpc) is 2.31. The van der Waals surface area contributed by atoms with Gasteiger partial charge in [0.2, 0.25) is 0 Å². The Morgan fingerprint density at radius 2 is 1.31 bits per heavy atom. The molecule has 2 rings (SSSR count). The topological polar surface area (TPSA) is 26.3 Å². The number of carbonyl (C=O) groups is 1. The van der Waals surface area contributed by atoms with Gasteiger partial charge in [0, 0.05) is 51.4 Å². The molecule has 0 saturated heterocycles. The first-order valence-electron chi connectivity index (χ1n) is 4.68. The molecule has 0 aromatic heterocycles. The van der Waals surface area contributed by atoms with Crippen LogP contribution in [-0.4, -0.2) is 57.4 Å². The van der Waals surface area contributed by atoms with Gasteiger partial charge in [-0.3, -0.25) is 0 Å². The van der Waals surface area contributed by atoms with Crippen molar-refractivity contribution in [2.24, 2.45) is 0 Å². The van der Waals surface area contributed by atoms with Crippen LogP contribution in [0.4, 0.5) is 0 Å². The van der Waals surface area contributed by atoms with Crippen molar-refractivity contribution in [3.05, 3.63) is 66.2 Å². The van der Waals surface area contributed by atoms with E-state index < -0.39 is 0 Å². The van der Waals surface area contributed by atoms with Gasteiger partial charge in [-0.05, 0) is 24.3 Å².